The summed E-state index contributed by atoms with van der Waals surface area (Å²) >= 11 is 0. The van der Waals surface area contributed by atoms with Crippen molar-refractivity contribution >= 4 is 13.8 Å². The van der Waals surface area contributed by atoms with Crippen LogP contribution >= 0.6 is 7.82 Å². The van der Waals surface area contributed by atoms with Crippen molar-refractivity contribution in [3.05, 3.63) is 12.7 Å². The van der Waals surface area contributed by atoms with E-state index in [4.69, 9.17) is 10.00 Å². The Morgan fingerprint density at radius 1 is 1.42 bits per heavy atom. The molecule has 1 unspecified atom stereocenters. The Kier molecular flexibility index (Phi) is 10.9. The average Bonchev–Trinajstić information content (AvgIpc) is 2.23. The molecule has 0 aromatic rings. The Balaban J connectivity index is 0. The summed E-state index contributed by atoms with van der Waals surface area (Å²) in [7, 11) is 1.19. The van der Waals surface area contributed by atoms with E-state index in [0.717, 1.165) is 6.08 Å². The van der Waals surface area contributed by atoms with E-state index in [9.17, 15) is 14.3 Å². The lowest BCUT2D eigenvalue weighted by molar-refractivity contribution is -0.870. The summed E-state index contributed by atoms with van der Waals surface area (Å²) in [5, 5.41) is 8.10. The number of carbonyl (C=O) groups is 1. The van der Waals surface area contributed by atoms with Crippen molar-refractivity contribution in [3.8, 4) is 0 Å². The minimum atomic E-state index is -4.51. The van der Waals surface area contributed by atoms with Crippen LogP contribution in [-0.4, -0.2) is 68.0 Å². The van der Waals surface area contributed by atoms with Gasteiger partial charge in [-0.15, -0.1) is 0 Å². The van der Waals surface area contributed by atoms with Crippen LogP contribution in [0.4, 0.5) is 0 Å². The summed E-state index contributed by atoms with van der Waals surface area (Å²) in [5.74, 6) is -0.501. The quantitative estimate of drug-likeness (QED) is 0.265. The highest BCUT2D eigenvalue weighted by Gasteiger charge is 2.08. The van der Waals surface area contributed by atoms with Crippen LogP contribution < -0.4 is 4.89 Å². The van der Waals surface area contributed by atoms with E-state index in [2.05, 4.69) is 15.8 Å². The molecule has 0 aromatic heterocycles. The molecule has 0 spiro atoms. The summed E-state index contributed by atoms with van der Waals surface area (Å²) in [5.41, 5.74) is 0. The van der Waals surface area contributed by atoms with Gasteiger partial charge in [0.15, 0.2) is 0 Å². The molecule has 0 aliphatic rings. The number of hydrogen-bond donors (Lipinski definition) is 2. The molecule has 0 rings (SSSR count). The van der Waals surface area contributed by atoms with Gasteiger partial charge >= 0.3 is 5.97 Å². The molecule has 0 fully saturated rings. The standard InChI is InChI=1S/C5H14NO4P.C5H8O3/c1-6(2,3)4-5-10-11(7,8)9;1-2-5(7)8-4-3-6/h4-5H2,1-3H3,(H-,7,8,9);2,6H,1,3-4H2. The van der Waals surface area contributed by atoms with Gasteiger partial charge in [0, 0.05) is 6.08 Å². The van der Waals surface area contributed by atoms with Gasteiger partial charge in [0.25, 0.3) is 7.82 Å². The van der Waals surface area contributed by atoms with Crippen molar-refractivity contribution in [1.82, 2.24) is 0 Å². The van der Waals surface area contributed by atoms with Gasteiger partial charge in [-0.2, -0.15) is 0 Å². The Bertz CT molecular complexity index is 307. The minimum Gasteiger partial charge on any atom is -0.756 e. The van der Waals surface area contributed by atoms with Gasteiger partial charge in [0.1, 0.15) is 19.8 Å². The third-order valence-corrected chi connectivity index (χ3v) is 2.03. The molecule has 0 aliphatic carbocycles. The highest BCUT2D eigenvalue weighted by molar-refractivity contribution is 7.44. The second kappa shape index (κ2) is 10.1. The van der Waals surface area contributed by atoms with Crippen LogP contribution in [0, 0.1) is 0 Å². The van der Waals surface area contributed by atoms with Crippen molar-refractivity contribution in [2.75, 3.05) is 47.5 Å². The maximum absolute atomic E-state index is 10.1. The smallest absolute Gasteiger partial charge is 0.330 e. The fourth-order valence-corrected chi connectivity index (χ4v) is 0.948. The van der Waals surface area contributed by atoms with Crippen LogP contribution in [0.5, 0.6) is 0 Å². The Hall–Kier alpha value is -0.760. The number of ether oxygens (including phenoxy) is 1. The molecular weight excluding hydrogens is 277 g/mol. The number of rotatable bonds is 7. The summed E-state index contributed by atoms with van der Waals surface area (Å²) in [6.45, 7) is 3.61. The highest BCUT2D eigenvalue weighted by Crippen LogP contribution is 2.29. The SMILES string of the molecule is C=CC(=O)OCCO.C[N+](C)(C)CCOP(=O)([O-])O. The zero-order valence-electron chi connectivity index (χ0n) is 11.4. The normalized spacial score (nSPS) is 13.8. The number of carbonyl (C=O) groups excluding carboxylic acids is 1. The van der Waals surface area contributed by atoms with E-state index >= 15 is 0 Å². The molecule has 1 atom stereocenters. The van der Waals surface area contributed by atoms with Crippen molar-refractivity contribution in [2.24, 2.45) is 0 Å². The van der Waals surface area contributed by atoms with Gasteiger partial charge in [-0.25, -0.2) is 4.79 Å². The predicted molar refractivity (Wildman–Crippen MR) is 66.9 cm³/mol. The third-order valence-electron chi connectivity index (χ3n) is 1.52. The van der Waals surface area contributed by atoms with Gasteiger partial charge in [-0.3, -0.25) is 4.57 Å². The molecule has 0 saturated heterocycles. The van der Waals surface area contributed by atoms with Crippen molar-refractivity contribution < 1.29 is 38.0 Å². The number of esters is 1. The van der Waals surface area contributed by atoms with E-state index in [-0.39, 0.29) is 19.8 Å². The molecule has 19 heavy (non-hydrogen) atoms. The summed E-state index contributed by atoms with van der Waals surface area (Å²) in [4.78, 5) is 28.4. The van der Waals surface area contributed by atoms with E-state index in [1.807, 2.05) is 21.1 Å². The first-order valence-corrected chi connectivity index (χ1v) is 6.90. The van der Waals surface area contributed by atoms with Crippen LogP contribution in [0.25, 0.3) is 0 Å². The fraction of sp³-hybridized carbons (Fsp3) is 0.700. The molecule has 0 aromatic carbocycles. The molecule has 114 valence electrons. The van der Waals surface area contributed by atoms with Gasteiger partial charge in [-0.1, -0.05) is 6.58 Å². The predicted octanol–water partition coefficient (Wildman–Crippen LogP) is -1.12. The second-order valence-corrected chi connectivity index (χ2v) is 5.61. The van der Waals surface area contributed by atoms with Crippen molar-refractivity contribution in [1.29, 1.82) is 0 Å². The summed E-state index contributed by atoms with van der Waals surface area (Å²) in [6, 6.07) is 0. The fourth-order valence-electron chi connectivity index (χ4n) is 0.635. The number of phosphoric acid groups is 1. The zero-order chi connectivity index (χ0) is 15.5. The second-order valence-electron chi connectivity index (χ2n) is 4.41. The summed E-state index contributed by atoms with van der Waals surface area (Å²) < 4.78 is 19.1. The van der Waals surface area contributed by atoms with E-state index < -0.39 is 13.8 Å². The average molecular weight is 299 g/mol. The zero-order valence-corrected chi connectivity index (χ0v) is 12.3. The number of phosphoric ester groups is 1. The van der Waals surface area contributed by atoms with E-state index in [1.165, 1.54) is 0 Å². The minimum absolute atomic E-state index is 0.0147. The van der Waals surface area contributed by atoms with Crippen LogP contribution in [0.2, 0.25) is 0 Å². The first-order valence-electron chi connectivity index (χ1n) is 5.40. The van der Waals surface area contributed by atoms with Crippen LogP contribution in [0.1, 0.15) is 0 Å². The molecular formula is C10H22NO7P. The van der Waals surface area contributed by atoms with E-state index in [1.54, 1.807) is 0 Å². The topological polar surface area (TPSA) is 116 Å². The lowest BCUT2D eigenvalue weighted by Crippen LogP contribution is -2.37. The van der Waals surface area contributed by atoms with Gasteiger partial charge in [0.2, 0.25) is 0 Å². The Labute approximate surface area is 113 Å². The largest absolute Gasteiger partial charge is 0.756 e. The first-order chi connectivity index (χ1) is 8.52. The molecule has 0 amide bonds. The molecule has 0 bridgehead atoms. The van der Waals surface area contributed by atoms with Crippen LogP contribution in [-0.2, 0) is 18.6 Å². The Morgan fingerprint density at radius 3 is 2.26 bits per heavy atom. The first kappa shape index (κ1) is 20.6. The molecule has 8 nitrogen and oxygen atoms in total. The number of likely N-dealkylation sites (N-methyl/N-ethyl adjacent to an activating group) is 1. The lowest BCUT2D eigenvalue weighted by Gasteiger charge is -2.25. The molecule has 0 saturated carbocycles. The number of nitrogens with zero attached hydrogens (tertiary/aromatic N) is 1. The number of quaternary nitrogens is 1. The van der Waals surface area contributed by atoms with Gasteiger partial charge in [0.05, 0.1) is 27.7 Å². The summed E-state index contributed by atoms with van der Waals surface area (Å²) in [6.07, 6.45) is 1.05. The molecule has 2 N–H and O–H groups in total. The maximum Gasteiger partial charge on any atom is 0.330 e. The van der Waals surface area contributed by atoms with Crippen LogP contribution in [0.3, 0.4) is 0 Å². The Morgan fingerprint density at radius 2 is 1.95 bits per heavy atom. The van der Waals surface area contributed by atoms with Gasteiger partial charge in [-0.05, 0) is 0 Å². The maximum atomic E-state index is 10.1. The van der Waals surface area contributed by atoms with Gasteiger partial charge < -0.3 is 28.6 Å². The third kappa shape index (κ3) is 22.8. The van der Waals surface area contributed by atoms with E-state index in [0.29, 0.717) is 11.0 Å². The monoisotopic (exact) mass is 299 g/mol. The number of aliphatic hydroxyl groups is 1. The molecule has 0 heterocycles. The lowest BCUT2D eigenvalue weighted by atomic mass is 10.5. The molecule has 0 radical (unpaired) electrons. The highest BCUT2D eigenvalue weighted by atomic mass is 31.2. The molecule has 0 aliphatic heterocycles. The van der Waals surface area contributed by atoms with Crippen molar-refractivity contribution in [3.63, 3.8) is 0 Å². The van der Waals surface area contributed by atoms with Crippen molar-refractivity contribution in [2.45, 2.75) is 0 Å². The van der Waals surface area contributed by atoms with Crippen LogP contribution in [0.15, 0.2) is 12.7 Å². The number of hydrogen-bond acceptors (Lipinski definition) is 6. The molecule has 9 heteroatoms. The number of aliphatic hydroxyl groups excluding tert-OH is 1.